The predicted octanol–water partition coefficient (Wildman–Crippen LogP) is 2.64. The summed E-state index contributed by atoms with van der Waals surface area (Å²) < 4.78 is 3.13. The fourth-order valence-electron chi connectivity index (χ4n) is 3.51. The molecule has 3 aromatic heterocycles. The Balaban J connectivity index is 2.07. The van der Waals surface area contributed by atoms with Crippen LogP contribution < -0.4 is 21.2 Å². The molecule has 0 atom stereocenters. The van der Waals surface area contributed by atoms with Crippen LogP contribution in [0.2, 0.25) is 5.02 Å². The van der Waals surface area contributed by atoms with E-state index in [1.165, 1.54) is 10.5 Å². The summed E-state index contributed by atoms with van der Waals surface area (Å²) in [5.74, 6) is -0.209. The van der Waals surface area contributed by atoms with Crippen LogP contribution in [0.5, 0.6) is 0 Å². The predicted molar refractivity (Wildman–Crippen MR) is 121 cm³/mol. The highest BCUT2D eigenvalue weighted by Crippen LogP contribution is 2.19. The number of carbonyl (C=O) groups excluding carboxylic acids is 1. The largest absolute Gasteiger partial charge is 0.348 e. The van der Waals surface area contributed by atoms with Crippen LogP contribution in [0.25, 0.3) is 16.7 Å². The molecule has 0 saturated carbocycles. The minimum Gasteiger partial charge on any atom is -0.348 e. The van der Waals surface area contributed by atoms with E-state index < -0.39 is 5.91 Å². The number of aryl methyl sites for hydroxylation is 1. The van der Waals surface area contributed by atoms with Gasteiger partial charge in [-0.15, -0.1) is 6.58 Å². The van der Waals surface area contributed by atoms with Gasteiger partial charge in [-0.2, -0.15) is 0 Å². The van der Waals surface area contributed by atoms with E-state index in [1.807, 2.05) is 31.2 Å². The molecule has 1 aromatic carbocycles. The number of hydrogen-bond acceptors (Lipinski definition) is 4. The van der Waals surface area contributed by atoms with Crippen molar-refractivity contribution < 1.29 is 9.36 Å². The number of benzene rings is 1. The Labute approximate surface area is 183 Å². The normalized spacial score (nSPS) is 11.0. The number of nitrogens with zero attached hydrogens (tertiary/aromatic N) is 3. The SMILES string of the molecule is C=CCNC(=O)c1cc2c(=O)n3cccc(C)c3nc2[n+](Cc2ccccc2Cl)c1N. The molecular weight excluding hydrogens is 414 g/mol. The summed E-state index contributed by atoms with van der Waals surface area (Å²) in [4.78, 5) is 30.8. The molecule has 8 heteroatoms. The molecule has 156 valence electrons. The third kappa shape index (κ3) is 3.64. The first-order chi connectivity index (χ1) is 14.9. The smallest absolute Gasteiger partial charge is 0.278 e. The first kappa shape index (κ1) is 20.6. The van der Waals surface area contributed by atoms with Gasteiger partial charge in [0.25, 0.3) is 17.1 Å². The highest BCUT2D eigenvalue weighted by Gasteiger charge is 2.25. The lowest BCUT2D eigenvalue weighted by molar-refractivity contribution is -0.649. The number of anilines is 1. The molecule has 0 aliphatic rings. The van der Waals surface area contributed by atoms with Gasteiger partial charge in [0.15, 0.2) is 0 Å². The quantitative estimate of drug-likeness (QED) is 0.287. The molecule has 3 N–H and O–H groups in total. The molecule has 0 aliphatic heterocycles. The van der Waals surface area contributed by atoms with Crippen LogP contribution in [0.4, 0.5) is 5.82 Å². The maximum Gasteiger partial charge on any atom is 0.278 e. The average Bonchev–Trinajstić information content (AvgIpc) is 2.76. The zero-order valence-corrected chi connectivity index (χ0v) is 17.7. The van der Waals surface area contributed by atoms with E-state index >= 15 is 0 Å². The van der Waals surface area contributed by atoms with Gasteiger partial charge in [0.1, 0.15) is 10.9 Å². The summed E-state index contributed by atoms with van der Waals surface area (Å²) in [6.07, 6.45) is 3.23. The van der Waals surface area contributed by atoms with Gasteiger partial charge in [0.05, 0.1) is 6.54 Å². The number of nitrogens with one attached hydrogen (secondary N) is 1. The number of amides is 1. The molecule has 0 unspecified atom stereocenters. The molecule has 0 bridgehead atoms. The zero-order valence-electron chi connectivity index (χ0n) is 16.9. The third-order valence-electron chi connectivity index (χ3n) is 5.11. The molecule has 0 saturated heterocycles. The Morgan fingerprint density at radius 1 is 1.32 bits per heavy atom. The van der Waals surface area contributed by atoms with Crippen molar-refractivity contribution in [2.24, 2.45) is 0 Å². The van der Waals surface area contributed by atoms with Gasteiger partial charge in [-0.05, 0) is 25.1 Å². The maximum absolute atomic E-state index is 13.3. The van der Waals surface area contributed by atoms with E-state index in [0.29, 0.717) is 16.3 Å². The molecular formula is C23H21ClN5O2+. The number of carbonyl (C=O) groups is 1. The van der Waals surface area contributed by atoms with E-state index in [4.69, 9.17) is 22.3 Å². The second-order valence-corrected chi connectivity index (χ2v) is 7.57. The summed E-state index contributed by atoms with van der Waals surface area (Å²) in [7, 11) is 0. The second kappa shape index (κ2) is 8.20. The van der Waals surface area contributed by atoms with Crippen molar-refractivity contribution in [3.05, 3.63) is 93.4 Å². The van der Waals surface area contributed by atoms with Crippen molar-refractivity contribution in [3.63, 3.8) is 0 Å². The van der Waals surface area contributed by atoms with Crippen molar-refractivity contribution in [1.29, 1.82) is 0 Å². The summed E-state index contributed by atoms with van der Waals surface area (Å²) >= 11 is 6.37. The monoisotopic (exact) mass is 434 g/mol. The summed E-state index contributed by atoms with van der Waals surface area (Å²) in [5.41, 5.74) is 8.89. The number of halogens is 1. The molecule has 4 aromatic rings. The third-order valence-corrected chi connectivity index (χ3v) is 5.48. The Kier molecular flexibility index (Phi) is 5.44. The number of pyridine rings is 2. The Morgan fingerprint density at radius 3 is 2.84 bits per heavy atom. The lowest BCUT2D eigenvalue weighted by atomic mass is 10.1. The highest BCUT2D eigenvalue weighted by molar-refractivity contribution is 6.31. The standard InChI is InChI=1S/C23H20ClN5O2/c1-3-10-26-22(30)16-12-17-21(27-20-14(2)7-6-11-28(20)23(17)31)29(19(16)25)13-15-8-4-5-9-18(15)24/h3-9,11-12,25H,1,10,13H2,2H3,(H,26,30)/p+1. The molecule has 3 heterocycles. The van der Waals surface area contributed by atoms with Crippen LogP contribution in [0, 0.1) is 6.92 Å². The van der Waals surface area contributed by atoms with Crippen molar-refractivity contribution in [2.75, 3.05) is 12.3 Å². The molecule has 0 fully saturated rings. The van der Waals surface area contributed by atoms with Crippen LogP contribution in [0.15, 0.2) is 66.1 Å². The van der Waals surface area contributed by atoms with Crippen LogP contribution in [-0.4, -0.2) is 21.8 Å². The van der Waals surface area contributed by atoms with Crippen LogP contribution >= 0.6 is 11.6 Å². The van der Waals surface area contributed by atoms with E-state index in [-0.39, 0.29) is 35.4 Å². The Hall–Kier alpha value is -3.71. The molecule has 0 spiro atoms. The van der Waals surface area contributed by atoms with Crippen LogP contribution in [0.3, 0.4) is 0 Å². The number of nitrogens with two attached hydrogens (primary N) is 1. The van der Waals surface area contributed by atoms with Crippen LogP contribution in [0.1, 0.15) is 21.5 Å². The Morgan fingerprint density at radius 2 is 2.10 bits per heavy atom. The fraction of sp³-hybridized carbons (Fsp3) is 0.130. The van der Waals surface area contributed by atoms with E-state index in [9.17, 15) is 9.59 Å². The molecule has 0 radical (unpaired) electrons. The number of fused-ring (bicyclic) bond motifs is 2. The van der Waals surface area contributed by atoms with Crippen molar-refractivity contribution in [2.45, 2.75) is 13.5 Å². The van der Waals surface area contributed by atoms with Gasteiger partial charge in [-0.1, -0.05) is 46.9 Å². The fourth-order valence-corrected chi connectivity index (χ4v) is 3.70. The first-order valence-corrected chi connectivity index (χ1v) is 10.1. The highest BCUT2D eigenvalue weighted by atomic mass is 35.5. The topological polar surface area (TPSA) is 93.4 Å². The molecule has 7 nitrogen and oxygen atoms in total. The molecule has 4 rings (SSSR count). The summed E-state index contributed by atoms with van der Waals surface area (Å²) in [5, 5.41) is 3.56. The molecule has 0 aliphatic carbocycles. The average molecular weight is 435 g/mol. The lowest BCUT2D eigenvalue weighted by Gasteiger charge is -2.13. The summed E-state index contributed by atoms with van der Waals surface area (Å²) in [6.45, 7) is 6.01. The van der Waals surface area contributed by atoms with Crippen molar-refractivity contribution in [3.8, 4) is 0 Å². The Bertz CT molecular complexity index is 1410. The number of rotatable bonds is 5. The van der Waals surface area contributed by atoms with Crippen molar-refractivity contribution >= 4 is 40.0 Å². The van der Waals surface area contributed by atoms with Gasteiger partial charge in [0.2, 0.25) is 11.5 Å². The molecule has 1 amide bonds. The first-order valence-electron chi connectivity index (χ1n) is 9.69. The number of aromatic nitrogens is 3. The van der Waals surface area contributed by atoms with Crippen LogP contribution in [-0.2, 0) is 6.54 Å². The van der Waals surface area contributed by atoms with Gasteiger partial charge in [-0.25, -0.2) is 4.57 Å². The van der Waals surface area contributed by atoms with Crippen molar-refractivity contribution in [1.82, 2.24) is 14.7 Å². The number of hydrogen-bond donors (Lipinski definition) is 2. The van der Waals surface area contributed by atoms with Gasteiger partial charge in [0, 0.05) is 28.9 Å². The minimum atomic E-state index is -0.402. The lowest BCUT2D eigenvalue weighted by Crippen LogP contribution is -2.43. The van der Waals surface area contributed by atoms with E-state index in [1.54, 1.807) is 29.0 Å². The van der Waals surface area contributed by atoms with E-state index in [2.05, 4.69) is 11.9 Å². The minimum absolute atomic E-state index is 0.188. The molecule has 31 heavy (non-hydrogen) atoms. The number of nitrogen functional groups attached to an aromatic ring is 1. The van der Waals surface area contributed by atoms with Gasteiger partial charge in [-0.3, -0.25) is 14.0 Å². The van der Waals surface area contributed by atoms with Gasteiger partial charge >= 0.3 is 0 Å². The van der Waals surface area contributed by atoms with E-state index in [0.717, 1.165) is 11.1 Å². The van der Waals surface area contributed by atoms with Gasteiger partial charge < -0.3 is 11.1 Å². The zero-order chi connectivity index (χ0) is 22.1. The maximum atomic E-state index is 13.3. The summed E-state index contributed by atoms with van der Waals surface area (Å²) in [6, 6.07) is 12.5. The second-order valence-electron chi connectivity index (χ2n) is 7.16.